The lowest BCUT2D eigenvalue weighted by molar-refractivity contribution is 0.670. The van der Waals surface area contributed by atoms with E-state index in [1.165, 1.54) is 22.1 Å². The molecule has 3 aromatic heterocycles. The van der Waals surface area contributed by atoms with E-state index in [0.29, 0.717) is 17.5 Å². The van der Waals surface area contributed by atoms with Crippen molar-refractivity contribution in [3.8, 4) is 84.4 Å². The molecule has 0 aliphatic carbocycles. The average molecular weight is 869 g/mol. The zero-order valence-electron chi connectivity index (χ0n) is 36.8. The van der Waals surface area contributed by atoms with E-state index in [4.69, 9.17) is 19.4 Å². The van der Waals surface area contributed by atoms with Crippen LogP contribution in [0.2, 0.25) is 0 Å². The van der Waals surface area contributed by atoms with Gasteiger partial charge in [0.15, 0.2) is 17.5 Å². The Hall–Kier alpha value is -9.19. The van der Waals surface area contributed by atoms with Gasteiger partial charge in [-0.25, -0.2) is 15.0 Å². The van der Waals surface area contributed by atoms with E-state index >= 15 is 0 Å². The summed E-state index contributed by atoms with van der Waals surface area (Å²) in [4.78, 5) is 15.0. The molecule has 0 fully saturated rings. The molecule has 318 valence electrons. The molecule has 5 heteroatoms. The summed E-state index contributed by atoms with van der Waals surface area (Å²) >= 11 is 0. The van der Waals surface area contributed by atoms with Crippen LogP contribution in [0.5, 0.6) is 0 Å². The first-order chi connectivity index (χ1) is 33.7. The van der Waals surface area contributed by atoms with Crippen LogP contribution < -0.4 is 0 Å². The third-order valence-electron chi connectivity index (χ3n) is 13.0. The van der Waals surface area contributed by atoms with Gasteiger partial charge in [0.2, 0.25) is 0 Å². The van der Waals surface area contributed by atoms with Crippen molar-refractivity contribution in [3.05, 3.63) is 243 Å². The summed E-state index contributed by atoms with van der Waals surface area (Å²) in [6.45, 7) is 0. The van der Waals surface area contributed by atoms with Crippen molar-refractivity contribution in [1.29, 1.82) is 0 Å². The van der Waals surface area contributed by atoms with Gasteiger partial charge in [0.25, 0.3) is 0 Å². The van der Waals surface area contributed by atoms with E-state index in [0.717, 1.165) is 88.6 Å². The van der Waals surface area contributed by atoms with Gasteiger partial charge in [0.1, 0.15) is 11.2 Å². The fourth-order valence-electron chi connectivity index (χ4n) is 9.73. The Labute approximate surface area is 392 Å². The highest BCUT2D eigenvalue weighted by molar-refractivity contribution is 6.14. The summed E-state index contributed by atoms with van der Waals surface area (Å²) in [6, 6.07) is 85.5. The van der Waals surface area contributed by atoms with Gasteiger partial charge in [-0.1, -0.05) is 188 Å². The van der Waals surface area contributed by atoms with Gasteiger partial charge in [-0.3, -0.25) is 0 Å². The van der Waals surface area contributed by atoms with Crippen molar-refractivity contribution >= 4 is 43.7 Å². The maximum absolute atomic E-state index is 6.56. The number of rotatable bonds is 8. The monoisotopic (exact) mass is 868 g/mol. The zero-order chi connectivity index (χ0) is 45.0. The van der Waals surface area contributed by atoms with E-state index in [-0.39, 0.29) is 0 Å². The molecule has 0 unspecified atom stereocenters. The Kier molecular flexibility index (Phi) is 9.43. The van der Waals surface area contributed by atoms with Gasteiger partial charge >= 0.3 is 0 Å². The Balaban J connectivity index is 0.955. The summed E-state index contributed by atoms with van der Waals surface area (Å²) in [5.41, 5.74) is 16.9. The van der Waals surface area contributed by atoms with E-state index in [2.05, 4.69) is 174 Å². The normalized spacial score (nSPS) is 11.5. The molecule has 5 nitrogen and oxygen atoms in total. The van der Waals surface area contributed by atoms with Crippen molar-refractivity contribution in [2.75, 3.05) is 0 Å². The van der Waals surface area contributed by atoms with Crippen LogP contribution in [0, 0.1) is 0 Å². The molecule has 13 rings (SSSR count). The zero-order valence-corrected chi connectivity index (χ0v) is 36.8. The molecular formula is C63H40N4O. The Morgan fingerprint density at radius 1 is 0.279 bits per heavy atom. The summed E-state index contributed by atoms with van der Waals surface area (Å²) in [7, 11) is 0. The quantitative estimate of drug-likeness (QED) is 0.153. The van der Waals surface area contributed by atoms with E-state index in [1.807, 2.05) is 72.8 Å². The highest BCUT2D eigenvalue weighted by Crippen LogP contribution is 2.41. The lowest BCUT2D eigenvalue weighted by Gasteiger charge is -2.12. The first-order valence-corrected chi connectivity index (χ1v) is 22.9. The van der Waals surface area contributed by atoms with E-state index in [1.54, 1.807) is 0 Å². The van der Waals surface area contributed by atoms with Crippen molar-refractivity contribution in [3.63, 3.8) is 0 Å². The molecule has 13 aromatic rings. The van der Waals surface area contributed by atoms with Crippen LogP contribution in [0.1, 0.15) is 0 Å². The number of hydrogen-bond donors (Lipinski definition) is 0. The third kappa shape index (κ3) is 6.93. The number of furan rings is 1. The minimum absolute atomic E-state index is 0.623. The van der Waals surface area contributed by atoms with Crippen molar-refractivity contribution in [2.45, 2.75) is 0 Å². The lowest BCUT2D eigenvalue weighted by Crippen LogP contribution is -2.00. The highest BCUT2D eigenvalue weighted by atomic mass is 16.3. The molecule has 0 saturated carbocycles. The predicted molar refractivity (Wildman–Crippen MR) is 279 cm³/mol. The van der Waals surface area contributed by atoms with Crippen molar-refractivity contribution < 1.29 is 4.42 Å². The molecule has 0 saturated heterocycles. The molecule has 0 aliphatic heterocycles. The molecule has 0 radical (unpaired) electrons. The summed E-state index contributed by atoms with van der Waals surface area (Å²) in [6.07, 6.45) is 0. The second-order valence-corrected chi connectivity index (χ2v) is 17.2. The first kappa shape index (κ1) is 39.2. The van der Waals surface area contributed by atoms with Crippen LogP contribution in [-0.4, -0.2) is 19.5 Å². The number of hydrogen-bond acceptors (Lipinski definition) is 4. The Morgan fingerprint density at radius 2 is 0.721 bits per heavy atom. The second kappa shape index (κ2) is 16.4. The average Bonchev–Trinajstić information content (AvgIpc) is 3.97. The number of para-hydroxylation sites is 2. The van der Waals surface area contributed by atoms with Crippen molar-refractivity contribution in [1.82, 2.24) is 19.5 Å². The standard InChI is InChI=1S/C63H40N4O/c1-4-16-41(17-5-1)44-22-12-23-45(36-44)48-32-34-57-55(39-48)56-40-49(52-29-15-30-54-53-28-10-11-31-59(53)68-60(52)54)33-35-58(56)67(57)51-27-14-25-47(38-51)46-24-13-26-50(37-46)63-65-61(42-18-6-2-7-19-42)64-62(66-63)43-20-8-3-9-21-43/h1-40H. The molecule has 10 aromatic carbocycles. The van der Waals surface area contributed by atoms with E-state index < -0.39 is 0 Å². The van der Waals surface area contributed by atoms with Gasteiger partial charge in [-0.15, -0.1) is 0 Å². The molecule has 0 bridgehead atoms. The van der Waals surface area contributed by atoms with Gasteiger partial charge in [-0.2, -0.15) is 0 Å². The molecule has 0 atom stereocenters. The van der Waals surface area contributed by atoms with Crippen LogP contribution in [-0.2, 0) is 0 Å². The molecule has 0 amide bonds. The van der Waals surface area contributed by atoms with Crippen LogP contribution in [0.15, 0.2) is 247 Å². The van der Waals surface area contributed by atoms with Crippen LogP contribution in [0.25, 0.3) is 128 Å². The largest absolute Gasteiger partial charge is 0.455 e. The van der Waals surface area contributed by atoms with Gasteiger partial charge in [0, 0.05) is 49.5 Å². The summed E-state index contributed by atoms with van der Waals surface area (Å²) in [5, 5.41) is 4.58. The number of aromatic nitrogens is 4. The third-order valence-corrected chi connectivity index (χ3v) is 13.0. The predicted octanol–water partition coefficient (Wildman–Crippen LogP) is 16.5. The van der Waals surface area contributed by atoms with Crippen molar-refractivity contribution in [2.24, 2.45) is 0 Å². The smallest absolute Gasteiger partial charge is 0.164 e. The maximum Gasteiger partial charge on any atom is 0.164 e. The number of benzene rings is 10. The minimum atomic E-state index is 0.623. The topological polar surface area (TPSA) is 56.7 Å². The Morgan fingerprint density at radius 3 is 1.38 bits per heavy atom. The van der Waals surface area contributed by atoms with Crippen LogP contribution in [0.4, 0.5) is 0 Å². The van der Waals surface area contributed by atoms with E-state index in [9.17, 15) is 0 Å². The lowest BCUT2D eigenvalue weighted by atomic mass is 9.97. The molecule has 68 heavy (non-hydrogen) atoms. The SMILES string of the molecule is c1ccc(-c2cccc(-c3ccc4c(c3)c3cc(-c5cccc6c5oc5ccccc56)ccc3n4-c3cccc(-c4cccc(-c5nc(-c6ccccc6)nc(-c6ccccc6)n5)c4)c3)c2)cc1. The van der Waals surface area contributed by atoms with Gasteiger partial charge in [0.05, 0.1) is 11.0 Å². The summed E-state index contributed by atoms with van der Waals surface area (Å²) < 4.78 is 8.97. The maximum atomic E-state index is 6.56. The molecule has 3 heterocycles. The van der Waals surface area contributed by atoms with Gasteiger partial charge in [-0.05, 0) is 93.5 Å². The summed E-state index contributed by atoms with van der Waals surface area (Å²) in [5.74, 6) is 1.90. The number of fused-ring (bicyclic) bond motifs is 6. The van der Waals surface area contributed by atoms with Crippen LogP contribution >= 0.6 is 0 Å². The Bertz CT molecular complexity index is 3970. The molecule has 0 aliphatic rings. The first-order valence-electron chi connectivity index (χ1n) is 22.9. The van der Waals surface area contributed by atoms with Crippen LogP contribution in [0.3, 0.4) is 0 Å². The number of nitrogens with zero attached hydrogens (tertiary/aromatic N) is 4. The fourth-order valence-corrected chi connectivity index (χ4v) is 9.73. The molecular weight excluding hydrogens is 829 g/mol. The fraction of sp³-hybridized carbons (Fsp3) is 0. The van der Waals surface area contributed by atoms with Gasteiger partial charge < -0.3 is 8.98 Å². The second-order valence-electron chi connectivity index (χ2n) is 17.2. The molecule has 0 spiro atoms. The molecule has 0 N–H and O–H groups in total. The minimum Gasteiger partial charge on any atom is -0.455 e. The highest BCUT2D eigenvalue weighted by Gasteiger charge is 2.19.